The van der Waals surface area contributed by atoms with E-state index in [0.717, 1.165) is 12.8 Å². The number of carbonyl (C=O) groups excluding carboxylic acids is 1. The van der Waals surface area contributed by atoms with Crippen LogP contribution in [0, 0.1) is 22.7 Å². The number of hydrogen-bond acceptors (Lipinski definition) is 5. The molecule has 0 bridgehead atoms. The molecule has 144 valence electrons. The van der Waals surface area contributed by atoms with Gasteiger partial charge in [-0.1, -0.05) is 64.7 Å². The summed E-state index contributed by atoms with van der Waals surface area (Å²) in [7, 11) is 1.74. The summed E-state index contributed by atoms with van der Waals surface area (Å²) >= 11 is 0. The lowest BCUT2D eigenvalue weighted by Crippen LogP contribution is -2.23. The highest BCUT2D eigenvalue weighted by Crippen LogP contribution is 2.10. The Kier molecular flexibility index (Phi) is 16.0. The van der Waals surface area contributed by atoms with Gasteiger partial charge in [0.15, 0.2) is 0 Å². The minimum Gasteiger partial charge on any atom is -0.464 e. The molecule has 5 nitrogen and oxygen atoms in total. The maximum absolute atomic E-state index is 11.7. The van der Waals surface area contributed by atoms with Gasteiger partial charge in [-0.3, -0.25) is 4.79 Å². The van der Waals surface area contributed by atoms with Crippen molar-refractivity contribution in [1.29, 1.82) is 10.5 Å². The van der Waals surface area contributed by atoms with Crippen LogP contribution < -0.4 is 0 Å². The number of likely N-dealkylation sites (N-methyl/N-ethyl adjacent to an activating group) is 1. The predicted molar refractivity (Wildman–Crippen MR) is 104 cm³/mol. The number of esters is 1. The number of rotatable bonds is 15. The Morgan fingerprint density at radius 1 is 0.962 bits per heavy atom. The third-order valence-electron chi connectivity index (χ3n) is 3.98. The Labute approximate surface area is 158 Å². The topological polar surface area (TPSA) is 77.1 Å². The van der Waals surface area contributed by atoms with Crippen molar-refractivity contribution in [2.45, 2.75) is 71.1 Å². The molecular weight excluding hydrogens is 326 g/mol. The standard InChI is InChI=1S/C21H33N3O2/c1-3-4-5-6-7-8-9-10-11-12-16-26-21(25)19-24(2)15-13-14-20(17-22)18-23/h13-15H,3-12,16,19H2,1-2H3/b15-13+. The third kappa shape index (κ3) is 15.3. The summed E-state index contributed by atoms with van der Waals surface area (Å²) in [5, 5.41) is 17.2. The Morgan fingerprint density at radius 3 is 2.04 bits per heavy atom. The van der Waals surface area contributed by atoms with Crippen molar-refractivity contribution >= 4 is 5.97 Å². The molecule has 0 spiro atoms. The minimum absolute atomic E-state index is 0.0261. The van der Waals surface area contributed by atoms with Crippen LogP contribution in [0.5, 0.6) is 0 Å². The van der Waals surface area contributed by atoms with E-state index in [1.54, 1.807) is 36.4 Å². The summed E-state index contributed by atoms with van der Waals surface area (Å²) in [4.78, 5) is 13.4. The van der Waals surface area contributed by atoms with Crippen LogP contribution >= 0.6 is 0 Å². The van der Waals surface area contributed by atoms with Crippen LogP contribution in [0.1, 0.15) is 71.1 Å². The van der Waals surface area contributed by atoms with Gasteiger partial charge in [0.1, 0.15) is 24.3 Å². The maximum Gasteiger partial charge on any atom is 0.325 e. The fourth-order valence-electron chi connectivity index (χ4n) is 2.46. The molecule has 0 N–H and O–H groups in total. The van der Waals surface area contributed by atoms with Crippen molar-refractivity contribution in [3.05, 3.63) is 23.9 Å². The molecule has 5 heteroatoms. The van der Waals surface area contributed by atoms with Gasteiger partial charge in [-0.25, -0.2) is 0 Å². The molecule has 0 fully saturated rings. The molecule has 0 amide bonds. The molecular formula is C21H33N3O2. The second-order valence-electron chi connectivity index (χ2n) is 6.46. The van der Waals surface area contributed by atoms with E-state index in [1.165, 1.54) is 57.4 Å². The first-order chi connectivity index (χ1) is 12.6. The summed E-state index contributed by atoms with van der Waals surface area (Å²) in [6, 6.07) is 3.54. The Bertz CT molecular complexity index is 496. The zero-order valence-electron chi connectivity index (χ0n) is 16.4. The third-order valence-corrected chi connectivity index (χ3v) is 3.98. The van der Waals surface area contributed by atoms with Crippen LogP contribution in [0.25, 0.3) is 0 Å². The highest BCUT2D eigenvalue weighted by Gasteiger charge is 2.04. The van der Waals surface area contributed by atoms with Crippen LogP contribution in [-0.2, 0) is 9.53 Å². The quantitative estimate of drug-likeness (QED) is 0.180. The average molecular weight is 360 g/mol. The smallest absolute Gasteiger partial charge is 0.325 e. The first-order valence-electron chi connectivity index (χ1n) is 9.68. The van der Waals surface area contributed by atoms with Gasteiger partial charge in [0.25, 0.3) is 0 Å². The molecule has 26 heavy (non-hydrogen) atoms. The summed E-state index contributed by atoms with van der Waals surface area (Å²) in [5.74, 6) is -0.266. The van der Waals surface area contributed by atoms with Crippen LogP contribution in [0.2, 0.25) is 0 Å². The zero-order valence-corrected chi connectivity index (χ0v) is 16.4. The van der Waals surface area contributed by atoms with Crippen molar-refractivity contribution in [1.82, 2.24) is 4.90 Å². The number of ether oxygens (including phenoxy) is 1. The molecule has 0 aliphatic heterocycles. The largest absolute Gasteiger partial charge is 0.464 e. The minimum atomic E-state index is -0.266. The van der Waals surface area contributed by atoms with E-state index in [9.17, 15) is 4.79 Å². The van der Waals surface area contributed by atoms with Crippen molar-refractivity contribution in [2.24, 2.45) is 0 Å². The van der Waals surface area contributed by atoms with Crippen LogP contribution in [0.3, 0.4) is 0 Å². The number of carbonyl (C=O) groups is 1. The van der Waals surface area contributed by atoms with Gasteiger partial charge >= 0.3 is 5.97 Å². The van der Waals surface area contributed by atoms with E-state index in [0.29, 0.717) is 6.61 Å². The van der Waals surface area contributed by atoms with Crippen molar-refractivity contribution in [2.75, 3.05) is 20.2 Å². The van der Waals surface area contributed by atoms with Crippen molar-refractivity contribution in [3.8, 4) is 12.1 Å². The summed E-state index contributed by atoms with van der Waals surface area (Å²) < 4.78 is 5.22. The predicted octanol–water partition coefficient (Wildman–Crippen LogP) is 4.87. The molecule has 0 heterocycles. The fraction of sp³-hybridized carbons (Fsp3) is 0.667. The molecule has 0 aromatic rings. The van der Waals surface area contributed by atoms with Gasteiger partial charge in [-0.15, -0.1) is 0 Å². The fourth-order valence-corrected chi connectivity index (χ4v) is 2.46. The number of nitriles is 2. The Hall–Kier alpha value is -2.27. The van der Waals surface area contributed by atoms with Crippen LogP contribution in [0.15, 0.2) is 23.9 Å². The van der Waals surface area contributed by atoms with E-state index in [2.05, 4.69) is 6.92 Å². The number of hydrogen-bond donors (Lipinski definition) is 0. The van der Waals surface area contributed by atoms with Crippen LogP contribution in [0.4, 0.5) is 0 Å². The normalized spacial score (nSPS) is 10.2. The molecule has 0 aromatic heterocycles. The van der Waals surface area contributed by atoms with Gasteiger partial charge in [0.05, 0.1) is 6.61 Å². The molecule has 0 saturated carbocycles. The SMILES string of the molecule is CCCCCCCCCCCCOC(=O)CN(C)/C=C/C=C(C#N)C#N. The highest BCUT2D eigenvalue weighted by molar-refractivity contribution is 5.71. The van der Waals surface area contributed by atoms with E-state index < -0.39 is 0 Å². The summed E-state index contributed by atoms with van der Waals surface area (Å²) in [6.45, 7) is 2.86. The lowest BCUT2D eigenvalue weighted by molar-refractivity contribution is -0.144. The highest BCUT2D eigenvalue weighted by atomic mass is 16.5. The molecule has 0 radical (unpaired) electrons. The van der Waals surface area contributed by atoms with Crippen molar-refractivity contribution < 1.29 is 9.53 Å². The summed E-state index contributed by atoms with van der Waals surface area (Å²) in [5.41, 5.74) is 0.0261. The number of allylic oxidation sites excluding steroid dienone is 3. The second kappa shape index (κ2) is 17.5. The maximum atomic E-state index is 11.7. The number of unbranched alkanes of at least 4 members (excludes halogenated alkanes) is 9. The first kappa shape index (κ1) is 23.7. The molecule has 0 aliphatic carbocycles. The monoisotopic (exact) mass is 359 g/mol. The summed E-state index contributed by atoms with van der Waals surface area (Å²) in [6.07, 6.45) is 17.1. The van der Waals surface area contributed by atoms with Crippen molar-refractivity contribution in [3.63, 3.8) is 0 Å². The van der Waals surface area contributed by atoms with E-state index in [-0.39, 0.29) is 18.1 Å². The van der Waals surface area contributed by atoms with E-state index >= 15 is 0 Å². The van der Waals surface area contributed by atoms with Gasteiger partial charge < -0.3 is 9.64 Å². The molecule has 0 saturated heterocycles. The molecule has 0 aromatic carbocycles. The lowest BCUT2D eigenvalue weighted by atomic mass is 10.1. The molecule has 0 aliphatic rings. The number of nitrogens with zero attached hydrogens (tertiary/aromatic N) is 3. The zero-order chi connectivity index (χ0) is 19.5. The molecule has 0 rings (SSSR count). The Balaban J connectivity index is 3.60. The van der Waals surface area contributed by atoms with Gasteiger partial charge in [0.2, 0.25) is 0 Å². The average Bonchev–Trinajstić information content (AvgIpc) is 2.63. The lowest BCUT2D eigenvalue weighted by Gasteiger charge is -2.12. The van der Waals surface area contributed by atoms with E-state index in [4.69, 9.17) is 15.3 Å². The van der Waals surface area contributed by atoms with Gasteiger partial charge in [0, 0.05) is 7.05 Å². The van der Waals surface area contributed by atoms with E-state index in [1.807, 2.05) is 0 Å². The molecule has 0 atom stereocenters. The van der Waals surface area contributed by atoms with Gasteiger partial charge in [-0.2, -0.15) is 10.5 Å². The van der Waals surface area contributed by atoms with Crippen LogP contribution in [-0.4, -0.2) is 31.1 Å². The van der Waals surface area contributed by atoms with Gasteiger partial charge in [-0.05, 0) is 24.8 Å². The Morgan fingerprint density at radius 2 is 1.50 bits per heavy atom. The molecule has 0 unspecified atom stereocenters. The second-order valence-corrected chi connectivity index (χ2v) is 6.46. The first-order valence-corrected chi connectivity index (χ1v) is 9.68.